The van der Waals surface area contributed by atoms with Crippen LogP contribution in [0.25, 0.3) is 28.6 Å². The van der Waals surface area contributed by atoms with Crippen molar-refractivity contribution in [3.63, 3.8) is 0 Å². The van der Waals surface area contributed by atoms with Gasteiger partial charge in [-0.2, -0.15) is 0 Å². The van der Waals surface area contributed by atoms with Gasteiger partial charge >= 0.3 is 35.8 Å². The Labute approximate surface area is 889 Å². The molecule has 0 N–H and O–H groups in total. The van der Waals surface area contributed by atoms with Gasteiger partial charge in [0.15, 0.2) is 0 Å². The van der Waals surface area contributed by atoms with Crippen LogP contribution in [0.1, 0.15) is 202 Å². The molecule has 6 aromatic heterocycles. The highest BCUT2D eigenvalue weighted by Gasteiger charge is 2.17. The molecule has 12 aromatic rings. The van der Waals surface area contributed by atoms with Gasteiger partial charge in [0.1, 0.15) is 66.6 Å². The molecule has 0 amide bonds. The van der Waals surface area contributed by atoms with Crippen molar-refractivity contribution in [1.29, 1.82) is 0 Å². The molecular weight excluding hydrogens is 1990 g/mol. The highest BCUT2D eigenvalue weighted by molar-refractivity contribution is 7.31. The van der Waals surface area contributed by atoms with Gasteiger partial charge in [0, 0.05) is 74.2 Å². The molecule has 6 heterocycles. The third-order valence-corrected chi connectivity index (χ3v) is 28.2. The summed E-state index contributed by atoms with van der Waals surface area (Å²) in [6.07, 6.45) is 29.3. The summed E-state index contributed by atoms with van der Waals surface area (Å²) in [5, 5.41) is 56.4. The molecule has 786 valence electrons. The smallest absolute Gasteiger partial charge is 0.330 e. The lowest BCUT2D eigenvalue weighted by Crippen LogP contribution is -2.27. The first-order valence-electron chi connectivity index (χ1n) is 50.7. The molecule has 0 saturated carbocycles. The Morgan fingerprint density at radius 1 is 0.264 bits per heavy atom. The number of esters is 6. The predicted octanol–water partition coefficient (Wildman–Crippen LogP) is 32.8. The Morgan fingerprint density at radius 3 is 0.723 bits per heavy atom. The maximum Gasteiger partial charge on any atom is 0.330 e. The summed E-state index contributed by atoms with van der Waals surface area (Å²) in [4.78, 5) is 89.9. The van der Waals surface area contributed by atoms with E-state index in [-0.39, 0.29) is 23.9 Å². The Balaban J connectivity index is 0.000000227. The maximum atomic E-state index is 11.4. The standard InChI is InChI=1S/C37H44N6O5S2.C36H46N6O5S2.C36H44N6O5S2/c1-4-34(44)47-25-14-12-10-8-7-9-11-13-24-46-31-21-17-29(18-22-31)39-41-33-27-32-36(50-33)38-37(49-32)42-40-28-15-19-30(20-16-28)43(6-3)23-26-48-35(45)5-2;2*1-4-33(43)46-24-13-11-9-7-8-10-12-23-45-30-20-16-28(17-21-30)38-40-32-26-31-35(49-32)37-36(48-31)41-39-27-14-18-29(19-15-27)42(6-3)22-25-47-34(44)5-2/h4-5,15-22,27H,1-2,6-14,23-26H2,3H3;14-21,26H,4-13,22-25H2,1-3H3;5,14-21,26H,2,4,6-13,22-25H2,1,3H3. The molecular formula is C109H134N18O15S6. The average Bonchev–Trinajstić information content (AvgIpc) is 1.67. The number of thiophene rings is 3. The van der Waals surface area contributed by atoms with Crippen molar-refractivity contribution in [2.45, 2.75) is 202 Å². The molecule has 0 radical (unpaired) electrons. The van der Waals surface area contributed by atoms with Crippen LogP contribution in [0, 0.1) is 0 Å². The van der Waals surface area contributed by atoms with Crippen molar-refractivity contribution in [1.82, 2.24) is 15.0 Å². The number of nitrogens with zero attached hydrogens (tertiary/aromatic N) is 18. The van der Waals surface area contributed by atoms with Crippen LogP contribution in [-0.2, 0) is 57.2 Å². The summed E-state index contributed by atoms with van der Waals surface area (Å²) in [6, 6.07) is 52.1. The van der Waals surface area contributed by atoms with E-state index in [0.717, 1.165) is 215 Å². The Morgan fingerprint density at radius 2 is 0.480 bits per heavy atom. The Kier molecular flexibility index (Phi) is 53.6. The fraction of sp³-hybridized carbons (Fsp3) is 0.422. The number of likely N-dealkylation sites (N-methyl/N-ethyl adjacent to an activating group) is 3. The number of fused-ring (bicyclic) bond motifs is 3. The van der Waals surface area contributed by atoms with Gasteiger partial charge in [-0.1, -0.05) is 211 Å². The summed E-state index contributed by atoms with van der Waals surface area (Å²) in [5.41, 5.74) is 7.46. The second-order valence-electron chi connectivity index (χ2n) is 33.4. The molecule has 148 heavy (non-hydrogen) atoms. The first-order chi connectivity index (χ1) is 72.4. The van der Waals surface area contributed by atoms with Crippen LogP contribution in [0.4, 0.5) is 81.6 Å². The summed E-state index contributed by atoms with van der Waals surface area (Å²) >= 11 is 8.74. The number of anilines is 3. The second kappa shape index (κ2) is 68.1. The van der Waals surface area contributed by atoms with Gasteiger partial charge in [0.05, 0.1) is 107 Å². The molecule has 0 saturated heterocycles. The number of hydrogen-bond acceptors (Lipinski definition) is 39. The molecule has 0 fully saturated rings. The number of carbonyl (C=O) groups is 6. The quantitative estimate of drug-likeness (QED) is 0.0112. The van der Waals surface area contributed by atoms with Crippen LogP contribution in [-0.4, -0.2) is 149 Å². The van der Waals surface area contributed by atoms with E-state index < -0.39 is 11.9 Å². The van der Waals surface area contributed by atoms with Crippen molar-refractivity contribution < 1.29 is 71.4 Å². The molecule has 12 rings (SSSR count). The van der Waals surface area contributed by atoms with Gasteiger partial charge in [0.25, 0.3) is 0 Å². The summed E-state index contributed by atoms with van der Waals surface area (Å²) < 4.78 is 51.2. The zero-order valence-electron chi connectivity index (χ0n) is 85.3. The lowest BCUT2D eigenvalue weighted by molar-refractivity contribution is -0.144. The minimum absolute atomic E-state index is 0.114. The fourth-order valence-corrected chi connectivity index (χ4v) is 19.8. The van der Waals surface area contributed by atoms with Gasteiger partial charge in [-0.3, -0.25) is 14.4 Å². The van der Waals surface area contributed by atoms with Crippen LogP contribution in [0.5, 0.6) is 17.2 Å². The van der Waals surface area contributed by atoms with E-state index in [4.69, 9.17) is 42.6 Å². The van der Waals surface area contributed by atoms with E-state index in [9.17, 15) is 28.8 Å². The second-order valence-corrected chi connectivity index (χ2v) is 39.4. The van der Waals surface area contributed by atoms with E-state index in [1.807, 2.05) is 191 Å². The van der Waals surface area contributed by atoms with Crippen LogP contribution < -0.4 is 28.9 Å². The van der Waals surface area contributed by atoms with E-state index in [1.54, 1.807) is 6.92 Å². The first-order valence-corrected chi connectivity index (χ1v) is 55.6. The summed E-state index contributed by atoms with van der Waals surface area (Å²) in [7, 11) is 0. The van der Waals surface area contributed by atoms with Crippen LogP contribution >= 0.6 is 68.0 Å². The lowest BCUT2D eigenvalue weighted by Gasteiger charge is -2.22. The van der Waals surface area contributed by atoms with Gasteiger partial charge in [-0.25, -0.2) is 29.3 Å². The van der Waals surface area contributed by atoms with Crippen LogP contribution in [0.3, 0.4) is 0 Å². The van der Waals surface area contributed by atoms with E-state index >= 15 is 0 Å². The first kappa shape index (κ1) is 116. The summed E-state index contributed by atoms with van der Waals surface area (Å²) in [6.45, 7) is 30.5. The normalized spacial score (nSPS) is 11.4. The van der Waals surface area contributed by atoms with Crippen molar-refractivity contribution in [2.75, 3.05) is 113 Å². The number of thiazole rings is 3. The lowest BCUT2D eigenvalue weighted by atomic mass is 10.1. The highest BCUT2D eigenvalue weighted by Crippen LogP contribution is 2.43. The van der Waals surface area contributed by atoms with Gasteiger partial charge < -0.3 is 57.3 Å². The largest absolute Gasteiger partial charge is 0.494 e. The number of rotatable bonds is 67. The highest BCUT2D eigenvalue weighted by atomic mass is 32.1. The minimum atomic E-state index is -0.423. The maximum absolute atomic E-state index is 11.4. The number of benzene rings is 6. The zero-order chi connectivity index (χ0) is 105. The number of ether oxygens (including phenoxy) is 9. The Hall–Kier alpha value is -13.5. The molecule has 39 heteroatoms. The van der Waals surface area contributed by atoms with Crippen molar-refractivity contribution >= 4 is 214 Å². The van der Waals surface area contributed by atoms with Crippen molar-refractivity contribution in [3.05, 3.63) is 202 Å². The predicted molar refractivity (Wildman–Crippen MR) is 595 cm³/mol. The van der Waals surface area contributed by atoms with Crippen molar-refractivity contribution in [2.24, 2.45) is 61.4 Å². The van der Waals surface area contributed by atoms with Crippen LogP contribution in [0.15, 0.2) is 263 Å². The molecule has 0 atom stereocenters. The van der Waals surface area contributed by atoms with Crippen LogP contribution in [0.2, 0.25) is 0 Å². The van der Waals surface area contributed by atoms with Crippen molar-refractivity contribution in [3.8, 4) is 17.2 Å². The summed E-state index contributed by atoms with van der Waals surface area (Å²) in [5.74, 6) is 0.873. The van der Waals surface area contributed by atoms with Gasteiger partial charge in [-0.05, 0) is 223 Å². The molecule has 33 nitrogen and oxygen atoms in total. The number of carbonyl (C=O) groups excluding carboxylic acids is 6. The molecule has 0 bridgehead atoms. The zero-order valence-corrected chi connectivity index (χ0v) is 90.2. The molecule has 0 aliphatic heterocycles. The topological polar surface area (TPSA) is 382 Å². The molecule has 0 aliphatic carbocycles. The molecule has 0 spiro atoms. The fourth-order valence-electron chi connectivity index (χ4n) is 14.3. The third-order valence-electron chi connectivity index (χ3n) is 22.4. The molecule has 0 unspecified atom stereocenters. The number of unbranched alkanes of at least 4 members (excludes halogenated alkanes) is 19. The van der Waals surface area contributed by atoms with Gasteiger partial charge in [0.2, 0.25) is 15.4 Å². The average molecular weight is 2130 g/mol. The number of azo groups is 6. The van der Waals surface area contributed by atoms with E-state index in [1.165, 1.54) is 138 Å². The molecule has 0 aliphatic rings. The Bertz CT molecular complexity index is 6110. The van der Waals surface area contributed by atoms with E-state index in [0.29, 0.717) is 119 Å². The van der Waals surface area contributed by atoms with E-state index in [2.05, 4.69) is 118 Å². The monoisotopic (exact) mass is 2130 g/mol. The number of aromatic nitrogens is 3. The SMILES string of the molecule is C=CC(=O)OCCCCCCCCCCOc1ccc(N=Nc2cc3sc(N=Nc4ccc(N(CC)CCOC(=O)C=C)cc4)nc3s2)cc1.C=CC(=O)OCCN(CC)c1ccc(N=Nc2nc3sc(N=Nc4ccc(OCCCCCCCCCOC(=O)CC)cc4)cc3s2)cc1.CCC(=O)OCCCCCCCCCOc1ccc(N=Nc2cc3sc(N=Nc4ccc(N(CC)CCOC(=O)CC)cc4)nc3s2)cc1. The molecule has 6 aromatic carbocycles. The number of hydrogen-bond donors (Lipinski definition) is 0. The minimum Gasteiger partial charge on any atom is -0.494 e. The van der Waals surface area contributed by atoms with Gasteiger partial charge in [-0.15, -0.1) is 61.4 Å². The third kappa shape index (κ3) is 44.3.